The highest BCUT2D eigenvalue weighted by atomic mass is 16.5. The first-order valence-corrected chi connectivity index (χ1v) is 11.0. The van der Waals surface area contributed by atoms with Crippen LogP contribution in [0.2, 0.25) is 0 Å². The summed E-state index contributed by atoms with van der Waals surface area (Å²) in [6, 6.07) is 7.47. The van der Waals surface area contributed by atoms with Crippen molar-refractivity contribution in [1.82, 2.24) is 30.0 Å². The van der Waals surface area contributed by atoms with E-state index in [1.165, 1.54) is 16.7 Å². The maximum atomic E-state index is 12.5. The summed E-state index contributed by atoms with van der Waals surface area (Å²) in [6.45, 7) is 9.69. The second kappa shape index (κ2) is 9.48. The molecular formula is C24H30N6O2. The Morgan fingerprint density at radius 3 is 2.75 bits per heavy atom. The first-order valence-electron chi connectivity index (χ1n) is 11.0. The maximum absolute atomic E-state index is 12.5. The van der Waals surface area contributed by atoms with Crippen LogP contribution in [0.3, 0.4) is 0 Å². The van der Waals surface area contributed by atoms with E-state index in [4.69, 9.17) is 4.74 Å². The Morgan fingerprint density at radius 2 is 2.00 bits per heavy atom. The minimum Gasteiger partial charge on any atom is -0.496 e. The molecule has 3 aromatic rings. The summed E-state index contributed by atoms with van der Waals surface area (Å²) in [5.74, 6) is 2.52. The third-order valence-corrected chi connectivity index (χ3v) is 6.27. The quantitative estimate of drug-likeness (QED) is 0.642. The number of rotatable bonds is 6. The van der Waals surface area contributed by atoms with Crippen molar-refractivity contribution in [3.05, 3.63) is 70.6 Å². The van der Waals surface area contributed by atoms with E-state index in [2.05, 4.69) is 55.9 Å². The lowest BCUT2D eigenvalue weighted by atomic mass is 10.0. The Balaban J connectivity index is 1.43. The number of hydrogen-bond acceptors (Lipinski definition) is 6. The fourth-order valence-corrected chi connectivity index (χ4v) is 4.19. The van der Waals surface area contributed by atoms with Gasteiger partial charge in [0, 0.05) is 45.0 Å². The molecule has 1 amide bonds. The van der Waals surface area contributed by atoms with Crippen LogP contribution >= 0.6 is 0 Å². The highest BCUT2D eigenvalue weighted by Gasteiger charge is 2.23. The molecule has 1 atom stereocenters. The predicted molar refractivity (Wildman–Crippen MR) is 122 cm³/mol. The molecule has 1 aromatic carbocycles. The van der Waals surface area contributed by atoms with Crippen molar-refractivity contribution in [2.24, 2.45) is 0 Å². The van der Waals surface area contributed by atoms with E-state index in [0.29, 0.717) is 5.56 Å². The van der Waals surface area contributed by atoms with Crippen molar-refractivity contribution >= 4 is 5.91 Å². The van der Waals surface area contributed by atoms with Crippen molar-refractivity contribution in [1.29, 1.82) is 0 Å². The number of carbonyl (C=O) groups excluding carboxylic acids is 1. The molecule has 0 bridgehead atoms. The van der Waals surface area contributed by atoms with Crippen LogP contribution in [0.25, 0.3) is 0 Å². The van der Waals surface area contributed by atoms with Crippen LogP contribution in [0, 0.1) is 13.8 Å². The summed E-state index contributed by atoms with van der Waals surface area (Å²) < 4.78 is 7.60. The molecule has 1 aliphatic rings. The van der Waals surface area contributed by atoms with Gasteiger partial charge in [-0.05, 0) is 55.7 Å². The van der Waals surface area contributed by atoms with Gasteiger partial charge in [-0.1, -0.05) is 6.07 Å². The predicted octanol–water partition coefficient (Wildman–Crippen LogP) is 2.85. The van der Waals surface area contributed by atoms with Gasteiger partial charge in [-0.3, -0.25) is 14.7 Å². The average molecular weight is 435 g/mol. The van der Waals surface area contributed by atoms with Crippen LogP contribution < -0.4 is 10.1 Å². The Hall–Kier alpha value is -3.26. The summed E-state index contributed by atoms with van der Waals surface area (Å²) in [7, 11) is 1.71. The van der Waals surface area contributed by atoms with Crippen molar-refractivity contribution in [3.63, 3.8) is 0 Å². The molecule has 8 heteroatoms. The SMILES string of the molecule is COc1ccc(CN2CCc3nnc([C@H](C)NC(=O)c4cccnc4)n3CC2)c(C)c1C. The van der Waals surface area contributed by atoms with E-state index in [1.807, 2.05) is 6.92 Å². The standard InChI is InChI=1S/C24H30N6O2/c1-16-17(2)21(32-4)8-7-20(16)15-29-11-9-22-27-28-23(30(22)13-12-29)18(3)26-24(31)19-6-5-10-25-14-19/h5-8,10,14,18H,9,11-13,15H2,1-4H3,(H,26,31)/t18-/m0/s1. The van der Waals surface area contributed by atoms with Gasteiger partial charge in [0.25, 0.3) is 5.91 Å². The maximum Gasteiger partial charge on any atom is 0.253 e. The lowest BCUT2D eigenvalue weighted by Gasteiger charge is -2.22. The van der Waals surface area contributed by atoms with Crippen LogP contribution in [-0.2, 0) is 19.5 Å². The summed E-state index contributed by atoms with van der Waals surface area (Å²) >= 11 is 0. The fraction of sp³-hybridized carbons (Fsp3) is 0.417. The molecule has 1 aliphatic heterocycles. The number of nitrogens with zero attached hydrogens (tertiary/aromatic N) is 5. The summed E-state index contributed by atoms with van der Waals surface area (Å²) in [5, 5.41) is 11.8. The Labute approximate surface area is 188 Å². The summed E-state index contributed by atoms with van der Waals surface area (Å²) in [5.41, 5.74) is 4.32. The number of fused-ring (bicyclic) bond motifs is 1. The van der Waals surface area contributed by atoms with Crippen LogP contribution in [0.4, 0.5) is 0 Å². The number of carbonyl (C=O) groups is 1. The van der Waals surface area contributed by atoms with E-state index in [1.54, 1.807) is 31.6 Å². The molecule has 0 saturated carbocycles. The summed E-state index contributed by atoms with van der Waals surface area (Å²) in [6.07, 6.45) is 4.04. The third-order valence-electron chi connectivity index (χ3n) is 6.27. The molecular weight excluding hydrogens is 404 g/mol. The monoisotopic (exact) mass is 434 g/mol. The Kier molecular flexibility index (Phi) is 6.50. The van der Waals surface area contributed by atoms with Crippen LogP contribution in [0.15, 0.2) is 36.7 Å². The lowest BCUT2D eigenvalue weighted by molar-refractivity contribution is 0.0937. The molecule has 3 heterocycles. The van der Waals surface area contributed by atoms with Gasteiger partial charge in [0.15, 0.2) is 5.82 Å². The molecule has 168 valence electrons. The van der Waals surface area contributed by atoms with Gasteiger partial charge in [0.1, 0.15) is 11.6 Å². The second-order valence-electron chi connectivity index (χ2n) is 8.27. The zero-order chi connectivity index (χ0) is 22.7. The van der Waals surface area contributed by atoms with Crippen LogP contribution in [-0.4, -0.2) is 50.8 Å². The molecule has 1 N–H and O–H groups in total. The molecule has 0 spiro atoms. The number of nitrogens with one attached hydrogen (secondary N) is 1. The fourth-order valence-electron chi connectivity index (χ4n) is 4.19. The molecule has 0 radical (unpaired) electrons. The Morgan fingerprint density at radius 1 is 1.16 bits per heavy atom. The molecule has 0 saturated heterocycles. The molecule has 0 aliphatic carbocycles. The number of aromatic nitrogens is 4. The van der Waals surface area contributed by atoms with E-state index in [-0.39, 0.29) is 11.9 Å². The highest BCUT2D eigenvalue weighted by molar-refractivity contribution is 5.94. The van der Waals surface area contributed by atoms with Gasteiger partial charge in [0.2, 0.25) is 0 Å². The highest BCUT2D eigenvalue weighted by Crippen LogP contribution is 2.25. The van der Waals surface area contributed by atoms with Crippen molar-refractivity contribution in [2.75, 3.05) is 20.2 Å². The van der Waals surface area contributed by atoms with Crippen LogP contribution in [0.1, 0.15) is 51.7 Å². The minimum atomic E-state index is -0.248. The van der Waals surface area contributed by atoms with Crippen LogP contribution in [0.5, 0.6) is 5.75 Å². The Bertz CT molecular complexity index is 1100. The summed E-state index contributed by atoms with van der Waals surface area (Å²) in [4.78, 5) is 19.0. The first kappa shape index (κ1) is 22.0. The first-order chi connectivity index (χ1) is 15.5. The van der Waals surface area contributed by atoms with E-state index >= 15 is 0 Å². The normalized spacial score (nSPS) is 15.0. The van der Waals surface area contributed by atoms with Gasteiger partial charge in [-0.15, -0.1) is 10.2 Å². The van der Waals surface area contributed by atoms with Gasteiger partial charge in [-0.2, -0.15) is 0 Å². The number of pyridine rings is 1. The smallest absolute Gasteiger partial charge is 0.253 e. The largest absolute Gasteiger partial charge is 0.496 e. The third kappa shape index (κ3) is 4.50. The van der Waals surface area contributed by atoms with Gasteiger partial charge >= 0.3 is 0 Å². The topological polar surface area (TPSA) is 85.2 Å². The average Bonchev–Trinajstić information content (AvgIpc) is 3.12. The van der Waals surface area contributed by atoms with E-state index in [9.17, 15) is 4.79 Å². The van der Waals surface area contributed by atoms with Gasteiger partial charge in [0.05, 0.1) is 18.7 Å². The van der Waals surface area contributed by atoms with Crippen molar-refractivity contribution in [3.8, 4) is 5.75 Å². The van der Waals surface area contributed by atoms with Gasteiger partial charge < -0.3 is 14.6 Å². The molecule has 4 rings (SSSR count). The minimum absolute atomic E-state index is 0.163. The lowest BCUT2D eigenvalue weighted by Crippen LogP contribution is -2.30. The molecule has 0 fully saturated rings. The van der Waals surface area contributed by atoms with Crippen molar-refractivity contribution in [2.45, 2.75) is 46.3 Å². The zero-order valence-electron chi connectivity index (χ0n) is 19.1. The molecule has 0 unspecified atom stereocenters. The zero-order valence-corrected chi connectivity index (χ0v) is 19.1. The number of hydrogen-bond donors (Lipinski definition) is 1. The van der Waals surface area contributed by atoms with E-state index in [0.717, 1.165) is 50.0 Å². The van der Waals surface area contributed by atoms with Gasteiger partial charge in [-0.25, -0.2) is 0 Å². The van der Waals surface area contributed by atoms with Crippen molar-refractivity contribution < 1.29 is 9.53 Å². The number of ether oxygens (including phenoxy) is 1. The molecule has 32 heavy (non-hydrogen) atoms. The van der Waals surface area contributed by atoms with E-state index < -0.39 is 0 Å². The number of amides is 1. The number of benzene rings is 1. The number of methoxy groups -OCH3 is 1. The molecule has 8 nitrogen and oxygen atoms in total. The second-order valence-corrected chi connectivity index (χ2v) is 8.27. The molecule has 2 aromatic heterocycles.